The number of halogens is 1. The van der Waals surface area contributed by atoms with E-state index in [1.807, 2.05) is 44.1 Å². The van der Waals surface area contributed by atoms with E-state index in [1.165, 1.54) is 0 Å². The predicted octanol–water partition coefficient (Wildman–Crippen LogP) is 3.33. The van der Waals surface area contributed by atoms with Gasteiger partial charge in [-0.15, -0.1) is 0 Å². The lowest BCUT2D eigenvalue weighted by Crippen LogP contribution is -2.13. The molecule has 0 aliphatic heterocycles. The van der Waals surface area contributed by atoms with E-state index in [9.17, 15) is 0 Å². The van der Waals surface area contributed by atoms with Gasteiger partial charge in [0.05, 0.1) is 18.0 Å². The lowest BCUT2D eigenvalue weighted by molar-refractivity contribution is 1.05. The second-order valence-electron chi connectivity index (χ2n) is 4.49. The highest BCUT2D eigenvalue weighted by Gasteiger charge is 2.10. The Hall–Kier alpha value is -1.79. The molecular formula is C14H14ClN3. The quantitative estimate of drug-likeness (QED) is 0.831. The first kappa shape index (κ1) is 12.7. The maximum Gasteiger partial charge on any atom is 0.133 e. The van der Waals surface area contributed by atoms with E-state index in [2.05, 4.69) is 11.1 Å². The minimum atomic E-state index is 0.349. The van der Waals surface area contributed by atoms with Crippen LogP contribution in [0.15, 0.2) is 18.2 Å². The molecule has 2 rings (SSSR count). The van der Waals surface area contributed by atoms with E-state index in [1.54, 1.807) is 0 Å². The summed E-state index contributed by atoms with van der Waals surface area (Å²) < 4.78 is 0. The van der Waals surface area contributed by atoms with Crippen LogP contribution in [0.2, 0.25) is 5.02 Å². The van der Waals surface area contributed by atoms with Crippen molar-refractivity contribution in [2.24, 2.45) is 0 Å². The lowest BCUT2D eigenvalue weighted by atomic mass is 10.1. The van der Waals surface area contributed by atoms with Crippen molar-refractivity contribution < 1.29 is 0 Å². The van der Waals surface area contributed by atoms with Gasteiger partial charge in [-0.25, -0.2) is 4.98 Å². The maximum absolute atomic E-state index is 8.88. The Kier molecular flexibility index (Phi) is 3.40. The molecule has 0 atom stereocenters. The number of anilines is 1. The van der Waals surface area contributed by atoms with Crippen LogP contribution in [0.25, 0.3) is 10.9 Å². The minimum absolute atomic E-state index is 0.349. The van der Waals surface area contributed by atoms with Crippen LogP contribution in [0, 0.1) is 18.3 Å². The summed E-state index contributed by atoms with van der Waals surface area (Å²) in [5, 5.41) is 10.6. The zero-order valence-corrected chi connectivity index (χ0v) is 11.4. The van der Waals surface area contributed by atoms with Gasteiger partial charge >= 0.3 is 0 Å². The molecular weight excluding hydrogens is 246 g/mol. The molecule has 1 aromatic carbocycles. The van der Waals surface area contributed by atoms with Gasteiger partial charge in [0.1, 0.15) is 5.82 Å². The molecule has 1 heterocycles. The molecule has 0 aliphatic rings. The van der Waals surface area contributed by atoms with Crippen molar-refractivity contribution >= 4 is 28.3 Å². The van der Waals surface area contributed by atoms with E-state index in [0.29, 0.717) is 11.4 Å². The van der Waals surface area contributed by atoms with Crippen LogP contribution in [-0.2, 0) is 6.42 Å². The summed E-state index contributed by atoms with van der Waals surface area (Å²) in [4.78, 5) is 6.58. The van der Waals surface area contributed by atoms with Crippen molar-refractivity contribution in [2.45, 2.75) is 13.3 Å². The standard InChI is InChI=1S/C14H14ClN3/c1-9-6-12(15)8-11-7-10(4-5-16)14(18(2)3)17-13(9)11/h6-8H,4H2,1-3H3. The van der Waals surface area contributed by atoms with Gasteiger partial charge in [0, 0.05) is 30.1 Å². The van der Waals surface area contributed by atoms with Gasteiger partial charge in [-0.2, -0.15) is 5.26 Å². The molecule has 1 aromatic heterocycles. The van der Waals surface area contributed by atoms with Crippen LogP contribution in [0.5, 0.6) is 0 Å². The van der Waals surface area contributed by atoms with E-state index < -0.39 is 0 Å². The number of nitrogens with zero attached hydrogens (tertiary/aromatic N) is 3. The Balaban J connectivity index is 2.77. The molecule has 4 heteroatoms. The lowest BCUT2D eigenvalue weighted by Gasteiger charge is -2.16. The molecule has 0 N–H and O–H groups in total. The van der Waals surface area contributed by atoms with Gasteiger partial charge in [-0.3, -0.25) is 0 Å². The average Bonchev–Trinajstić information content (AvgIpc) is 2.27. The largest absolute Gasteiger partial charge is 0.362 e. The van der Waals surface area contributed by atoms with Crippen molar-refractivity contribution in [2.75, 3.05) is 19.0 Å². The maximum atomic E-state index is 8.88. The van der Waals surface area contributed by atoms with Gasteiger partial charge < -0.3 is 4.90 Å². The van der Waals surface area contributed by atoms with E-state index in [0.717, 1.165) is 27.8 Å². The fourth-order valence-corrected chi connectivity index (χ4v) is 2.34. The van der Waals surface area contributed by atoms with Gasteiger partial charge in [0.2, 0.25) is 0 Å². The molecule has 0 spiro atoms. The minimum Gasteiger partial charge on any atom is -0.362 e. The normalized spacial score (nSPS) is 10.4. The number of pyridine rings is 1. The van der Waals surface area contributed by atoms with E-state index in [4.69, 9.17) is 16.9 Å². The Morgan fingerprint density at radius 1 is 1.33 bits per heavy atom. The first-order valence-corrected chi connectivity index (χ1v) is 6.04. The van der Waals surface area contributed by atoms with Crippen molar-refractivity contribution in [3.63, 3.8) is 0 Å². The fraction of sp³-hybridized carbons (Fsp3) is 0.286. The summed E-state index contributed by atoms with van der Waals surface area (Å²) >= 11 is 6.05. The van der Waals surface area contributed by atoms with Gasteiger partial charge in [-0.1, -0.05) is 11.6 Å². The van der Waals surface area contributed by atoms with Crippen LogP contribution < -0.4 is 4.90 Å². The Morgan fingerprint density at radius 3 is 2.67 bits per heavy atom. The Bertz CT molecular complexity index is 642. The highest BCUT2D eigenvalue weighted by Crippen LogP contribution is 2.27. The number of hydrogen-bond donors (Lipinski definition) is 0. The summed E-state index contributed by atoms with van der Waals surface area (Å²) in [5.74, 6) is 0.842. The number of nitriles is 1. The van der Waals surface area contributed by atoms with Crippen molar-refractivity contribution in [1.29, 1.82) is 5.26 Å². The molecule has 0 aliphatic carbocycles. The first-order valence-electron chi connectivity index (χ1n) is 5.67. The van der Waals surface area contributed by atoms with Crippen LogP contribution in [0.4, 0.5) is 5.82 Å². The molecule has 0 radical (unpaired) electrons. The van der Waals surface area contributed by atoms with Crippen LogP contribution in [0.3, 0.4) is 0 Å². The SMILES string of the molecule is Cc1cc(Cl)cc2cc(CC#N)c(N(C)C)nc12. The molecule has 0 saturated heterocycles. The van der Waals surface area contributed by atoms with Crippen molar-refractivity contribution in [1.82, 2.24) is 4.98 Å². The number of hydrogen-bond acceptors (Lipinski definition) is 3. The van der Waals surface area contributed by atoms with Crippen LogP contribution in [-0.4, -0.2) is 19.1 Å². The summed E-state index contributed by atoms with van der Waals surface area (Å²) in [6, 6.07) is 7.96. The summed E-state index contributed by atoms with van der Waals surface area (Å²) in [5.41, 5.74) is 2.91. The van der Waals surface area contributed by atoms with Gasteiger partial charge in [-0.05, 0) is 30.7 Å². The van der Waals surface area contributed by atoms with E-state index in [-0.39, 0.29) is 0 Å². The topological polar surface area (TPSA) is 39.9 Å². The fourth-order valence-electron chi connectivity index (χ4n) is 2.06. The third-order valence-electron chi connectivity index (χ3n) is 2.82. The smallest absolute Gasteiger partial charge is 0.133 e. The number of rotatable bonds is 2. The summed E-state index contributed by atoms with van der Waals surface area (Å²) in [6.07, 6.45) is 0.349. The molecule has 0 saturated carbocycles. The zero-order chi connectivity index (χ0) is 13.3. The highest BCUT2D eigenvalue weighted by atomic mass is 35.5. The Morgan fingerprint density at radius 2 is 2.06 bits per heavy atom. The van der Waals surface area contributed by atoms with Crippen molar-refractivity contribution in [3.05, 3.63) is 34.3 Å². The second kappa shape index (κ2) is 4.83. The summed E-state index contributed by atoms with van der Waals surface area (Å²) in [6.45, 7) is 1.99. The van der Waals surface area contributed by atoms with Crippen LogP contribution in [0.1, 0.15) is 11.1 Å². The van der Waals surface area contributed by atoms with E-state index >= 15 is 0 Å². The van der Waals surface area contributed by atoms with Crippen molar-refractivity contribution in [3.8, 4) is 6.07 Å². The first-order chi connectivity index (χ1) is 8.52. The number of aromatic nitrogens is 1. The van der Waals surface area contributed by atoms with Crippen LogP contribution >= 0.6 is 11.6 Å². The Labute approximate surface area is 112 Å². The van der Waals surface area contributed by atoms with Gasteiger partial charge in [0.15, 0.2) is 0 Å². The second-order valence-corrected chi connectivity index (χ2v) is 4.93. The number of fused-ring (bicyclic) bond motifs is 1. The molecule has 0 bridgehead atoms. The number of benzene rings is 1. The highest BCUT2D eigenvalue weighted by molar-refractivity contribution is 6.31. The van der Waals surface area contributed by atoms with Gasteiger partial charge in [0.25, 0.3) is 0 Å². The molecule has 3 nitrogen and oxygen atoms in total. The molecule has 92 valence electrons. The molecule has 0 unspecified atom stereocenters. The summed E-state index contributed by atoms with van der Waals surface area (Å²) in [7, 11) is 3.86. The zero-order valence-electron chi connectivity index (χ0n) is 10.7. The third kappa shape index (κ3) is 2.25. The molecule has 2 aromatic rings. The molecule has 0 fully saturated rings. The average molecular weight is 260 g/mol. The third-order valence-corrected chi connectivity index (χ3v) is 3.04. The molecule has 0 amide bonds. The monoisotopic (exact) mass is 259 g/mol. The predicted molar refractivity (Wildman–Crippen MR) is 75.1 cm³/mol. The molecule has 18 heavy (non-hydrogen) atoms. The number of aryl methyl sites for hydroxylation is 1.